The van der Waals surface area contributed by atoms with Gasteiger partial charge in [0, 0.05) is 0 Å². The molecule has 1 aromatic carbocycles. The zero-order chi connectivity index (χ0) is 11.3. The number of aliphatic hydroxyl groups is 2. The van der Waals surface area contributed by atoms with E-state index in [0.29, 0.717) is 6.61 Å². The highest BCUT2D eigenvalue weighted by Gasteiger charge is 2.26. The third-order valence-electron chi connectivity index (χ3n) is 2.25. The molecule has 1 aromatic rings. The summed E-state index contributed by atoms with van der Waals surface area (Å²) >= 11 is 0. The molecule has 0 aromatic heterocycles. The van der Waals surface area contributed by atoms with E-state index < -0.39 is 11.7 Å². The first-order valence-corrected chi connectivity index (χ1v) is 5.03. The number of benzene rings is 1. The first-order valence-electron chi connectivity index (χ1n) is 5.03. The predicted octanol–water partition coefficient (Wildman–Crippen LogP) is 1.33. The van der Waals surface area contributed by atoms with Crippen molar-refractivity contribution in [1.82, 2.24) is 0 Å². The molecule has 15 heavy (non-hydrogen) atoms. The Balaban J connectivity index is 2.49. The normalized spacial score (nSPS) is 13.9. The number of rotatable bonds is 5. The van der Waals surface area contributed by atoms with Crippen molar-refractivity contribution in [1.29, 1.82) is 0 Å². The van der Waals surface area contributed by atoms with Crippen molar-refractivity contribution in [3.8, 4) is 0 Å². The fourth-order valence-electron chi connectivity index (χ4n) is 1.25. The maximum Gasteiger partial charge on any atom is 0.109 e. The van der Waals surface area contributed by atoms with Crippen molar-refractivity contribution in [2.45, 2.75) is 32.2 Å². The Morgan fingerprint density at radius 3 is 2.33 bits per heavy atom. The summed E-state index contributed by atoms with van der Waals surface area (Å²) in [6.07, 6.45) is -0.558. The zero-order valence-corrected chi connectivity index (χ0v) is 9.18. The van der Waals surface area contributed by atoms with Gasteiger partial charge in [0.2, 0.25) is 0 Å². The molecule has 1 rings (SSSR count). The second-order valence-electron chi connectivity index (χ2n) is 4.12. The summed E-state index contributed by atoms with van der Waals surface area (Å²) < 4.78 is 5.44. The molecule has 0 heterocycles. The summed E-state index contributed by atoms with van der Waals surface area (Å²) in [6.45, 7) is 3.46. The van der Waals surface area contributed by atoms with E-state index in [2.05, 4.69) is 0 Å². The Kier molecular flexibility index (Phi) is 4.27. The predicted molar refractivity (Wildman–Crippen MR) is 58.4 cm³/mol. The van der Waals surface area contributed by atoms with Crippen LogP contribution in [0.2, 0.25) is 0 Å². The Hall–Kier alpha value is -0.900. The SMILES string of the molecule is CC(C)(O)C(CO)OCc1ccccc1. The minimum atomic E-state index is -1.02. The van der Waals surface area contributed by atoms with Gasteiger partial charge < -0.3 is 14.9 Å². The maximum absolute atomic E-state index is 9.67. The summed E-state index contributed by atoms with van der Waals surface area (Å²) in [4.78, 5) is 0. The van der Waals surface area contributed by atoms with Crippen LogP contribution in [0.5, 0.6) is 0 Å². The number of ether oxygens (including phenoxy) is 1. The smallest absolute Gasteiger partial charge is 0.109 e. The zero-order valence-electron chi connectivity index (χ0n) is 9.18. The van der Waals surface area contributed by atoms with Crippen LogP contribution in [0.4, 0.5) is 0 Å². The van der Waals surface area contributed by atoms with Gasteiger partial charge in [-0.3, -0.25) is 0 Å². The lowest BCUT2D eigenvalue weighted by molar-refractivity contribution is -0.114. The molecule has 0 saturated carbocycles. The molecule has 0 radical (unpaired) electrons. The van der Waals surface area contributed by atoms with Gasteiger partial charge in [0.1, 0.15) is 6.10 Å². The van der Waals surface area contributed by atoms with Gasteiger partial charge in [-0.15, -0.1) is 0 Å². The lowest BCUT2D eigenvalue weighted by Gasteiger charge is -2.27. The molecule has 0 fully saturated rings. The van der Waals surface area contributed by atoms with Crippen LogP contribution in [0.1, 0.15) is 19.4 Å². The van der Waals surface area contributed by atoms with Crippen LogP contribution < -0.4 is 0 Å². The van der Waals surface area contributed by atoms with Gasteiger partial charge in [-0.1, -0.05) is 30.3 Å². The van der Waals surface area contributed by atoms with Crippen molar-refractivity contribution >= 4 is 0 Å². The van der Waals surface area contributed by atoms with Gasteiger partial charge in [-0.25, -0.2) is 0 Å². The number of aliphatic hydroxyl groups excluding tert-OH is 1. The molecule has 0 aliphatic heterocycles. The minimum Gasteiger partial charge on any atom is -0.394 e. The van der Waals surface area contributed by atoms with Crippen molar-refractivity contribution < 1.29 is 14.9 Å². The Labute approximate surface area is 90.3 Å². The van der Waals surface area contributed by atoms with E-state index in [9.17, 15) is 5.11 Å². The van der Waals surface area contributed by atoms with Crippen LogP contribution in [0.3, 0.4) is 0 Å². The van der Waals surface area contributed by atoms with Crippen molar-refractivity contribution in [3.63, 3.8) is 0 Å². The molecular weight excluding hydrogens is 192 g/mol. The third-order valence-corrected chi connectivity index (χ3v) is 2.25. The first-order chi connectivity index (χ1) is 7.04. The van der Waals surface area contributed by atoms with Crippen LogP contribution >= 0.6 is 0 Å². The highest BCUT2D eigenvalue weighted by atomic mass is 16.5. The van der Waals surface area contributed by atoms with E-state index in [0.717, 1.165) is 5.56 Å². The molecule has 1 atom stereocenters. The van der Waals surface area contributed by atoms with E-state index >= 15 is 0 Å². The van der Waals surface area contributed by atoms with Gasteiger partial charge in [0.15, 0.2) is 0 Å². The third kappa shape index (κ3) is 4.00. The molecule has 0 spiro atoms. The number of hydrogen-bond donors (Lipinski definition) is 2. The van der Waals surface area contributed by atoms with E-state index in [1.54, 1.807) is 13.8 Å². The van der Waals surface area contributed by atoms with E-state index in [4.69, 9.17) is 9.84 Å². The lowest BCUT2D eigenvalue weighted by Crippen LogP contribution is -2.40. The van der Waals surface area contributed by atoms with Crippen LogP contribution in [-0.2, 0) is 11.3 Å². The Morgan fingerprint density at radius 1 is 1.27 bits per heavy atom. The highest BCUT2D eigenvalue weighted by Crippen LogP contribution is 2.14. The lowest BCUT2D eigenvalue weighted by atomic mass is 10.0. The molecular formula is C12H18O3. The molecule has 0 amide bonds. The maximum atomic E-state index is 9.67. The molecule has 0 saturated heterocycles. The molecule has 0 aliphatic carbocycles. The highest BCUT2D eigenvalue weighted by molar-refractivity contribution is 5.13. The van der Waals surface area contributed by atoms with Crippen LogP contribution in [0.15, 0.2) is 30.3 Å². The van der Waals surface area contributed by atoms with Gasteiger partial charge >= 0.3 is 0 Å². The van der Waals surface area contributed by atoms with Crippen LogP contribution in [0, 0.1) is 0 Å². The summed E-state index contributed by atoms with van der Waals surface area (Å²) in [5, 5.41) is 18.7. The largest absolute Gasteiger partial charge is 0.394 e. The Bertz CT molecular complexity index is 277. The molecule has 3 heteroatoms. The fourth-order valence-corrected chi connectivity index (χ4v) is 1.25. The first kappa shape index (κ1) is 12.2. The molecule has 84 valence electrons. The van der Waals surface area contributed by atoms with Crippen molar-refractivity contribution in [2.75, 3.05) is 6.61 Å². The second kappa shape index (κ2) is 5.26. The number of hydrogen-bond acceptors (Lipinski definition) is 3. The van der Waals surface area contributed by atoms with Crippen molar-refractivity contribution in [2.24, 2.45) is 0 Å². The molecule has 1 unspecified atom stereocenters. The summed E-state index contributed by atoms with van der Waals surface area (Å²) in [6, 6.07) is 9.67. The topological polar surface area (TPSA) is 49.7 Å². The molecule has 0 bridgehead atoms. The monoisotopic (exact) mass is 210 g/mol. The second-order valence-corrected chi connectivity index (χ2v) is 4.12. The van der Waals surface area contributed by atoms with Gasteiger partial charge in [0.25, 0.3) is 0 Å². The minimum absolute atomic E-state index is 0.184. The van der Waals surface area contributed by atoms with Gasteiger partial charge in [-0.2, -0.15) is 0 Å². The van der Waals surface area contributed by atoms with E-state index in [1.165, 1.54) is 0 Å². The summed E-state index contributed by atoms with van der Waals surface area (Å²) in [7, 11) is 0. The van der Waals surface area contributed by atoms with Gasteiger partial charge in [0.05, 0.1) is 18.8 Å². The fraction of sp³-hybridized carbons (Fsp3) is 0.500. The van der Waals surface area contributed by atoms with Crippen LogP contribution in [0.25, 0.3) is 0 Å². The Morgan fingerprint density at radius 2 is 1.87 bits per heavy atom. The average molecular weight is 210 g/mol. The molecule has 2 N–H and O–H groups in total. The molecule has 0 aliphatic rings. The summed E-state index contributed by atoms with van der Waals surface area (Å²) in [5.74, 6) is 0. The summed E-state index contributed by atoms with van der Waals surface area (Å²) in [5.41, 5.74) is 0.00369. The van der Waals surface area contributed by atoms with Crippen molar-refractivity contribution in [3.05, 3.63) is 35.9 Å². The average Bonchev–Trinajstić information content (AvgIpc) is 2.18. The van der Waals surface area contributed by atoms with Crippen LogP contribution in [-0.4, -0.2) is 28.5 Å². The standard InChI is InChI=1S/C12H18O3/c1-12(2,14)11(8-13)15-9-10-6-4-3-5-7-10/h3-7,11,13-14H,8-9H2,1-2H3. The molecule has 3 nitrogen and oxygen atoms in total. The van der Waals surface area contributed by atoms with E-state index in [1.807, 2.05) is 30.3 Å². The van der Waals surface area contributed by atoms with Gasteiger partial charge in [-0.05, 0) is 19.4 Å². The van der Waals surface area contributed by atoms with E-state index in [-0.39, 0.29) is 6.61 Å². The quantitative estimate of drug-likeness (QED) is 0.771.